The van der Waals surface area contributed by atoms with E-state index in [0.717, 1.165) is 22.2 Å². The molecule has 3 rings (SSSR count). The third kappa shape index (κ3) is 1.72. The van der Waals surface area contributed by atoms with Crippen LogP contribution in [0, 0.1) is 12.7 Å². The van der Waals surface area contributed by atoms with Crippen molar-refractivity contribution >= 4 is 16.7 Å². The predicted molar refractivity (Wildman–Crippen MR) is 70.6 cm³/mol. The lowest BCUT2D eigenvalue weighted by molar-refractivity contribution is 0.628. The van der Waals surface area contributed by atoms with Crippen LogP contribution in [0.15, 0.2) is 36.4 Å². The number of rotatable bonds is 1. The first-order valence-corrected chi connectivity index (χ1v) is 5.65. The number of aromatic nitrogens is 2. The molecule has 0 bridgehead atoms. The Bertz CT molecular complexity index is 731. The van der Waals surface area contributed by atoms with Gasteiger partial charge in [0.1, 0.15) is 11.6 Å². The Balaban J connectivity index is 2.22. The Morgan fingerprint density at radius 1 is 1.17 bits per heavy atom. The number of hydrogen-bond acceptors (Lipinski definition) is 2. The van der Waals surface area contributed by atoms with E-state index in [0.29, 0.717) is 11.5 Å². The van der Waals surface area contributed by atoms with E-state index >= 15 is 0 Å². The van der Waals surface area contributed by atoms with Crippen molar-refractivity contribution < 1.29 is 4.39 Å². The summed E-state index contributed by atoms with van der Waals surface area (Å²) in [6.07, 6.45) is 0. The van der Waals surface area contributed by atoms with Crippen LogP contribution in [0.1, 0.15) is 5.56 Å². The van der Waals surface area contributed by atoms with Gasteiger partial charge in [0, 0.05) is 11.3 Å². The van der Waals surface area contributed by atoms with E-state index in [4.69, 9.17) is 5.73 Å². The molecular weight excluding hydrogens is 229 g/mol. The highest BCUT2D eigenvalue weighted by Crippen LogP contribution is 2.25. The van der Waals surface area contributed by atoms with E-state index in [9.17, 15) is 4.39 Å². The van der Waals surface area contributed by atoms with Crippen molar-refractivity contribution in [3.63, 3.8) is 0 Å². The van der Waals surface area contributed by atoms with Gasteiger partial charge in [-0.15, -0.1) is 0 Å². The van der Waals surface area contributed by atoms with Crippen LogP contribution >= 0.6 is 0 Å². The van der Waals surface area contributed by atoms with Gasteiger partial charge in [0.15, 0.2) is 0 Å². The van der Waals surface area contributed by atoms with E-state index in [1.54, 1.807) is 12.1 Å². The van der Waals surface area contributed by atoms with E-state index in [1.807, 2.05) is 19.1 Å². The quantitative estimate of drug-likeness (QED) is 0.642. The minimum absolute atomic E-state index is 0.268. The fraction of sp³-hybridized carbons (Fsp3) is 0.0714. The Labute approximate surface area is 103 Å². The minimum Gasteiger partial charge on any atom is -0.399 e. The zero-order valence-corrected chi connectivity index (χ0v) is 9.87. The van der Waals surface area contributed by atoms with Crippen molar-refractivity contribution in [3.8, 4) is 11.4 Å². The van der Waals surface area contributed by atoms with Gasteiger partial charge in [-0.1, -0.05) is 6.07 Å². The van der Waals surface area contributed by atoms with Crippen molar-refractivity contribution in [1.29, 1.82) is 0 Å². The lowest BCUT2D eigenvalue weighted by atomic mass is 10.1. The summed E-state index contributed by atoms with van der Waals surface area (Å²) in [5.41, 5.74) is 9.81. The lowest BCUT2D eigenvalue weighted by Gasteiger charge is -2.01. The van der Waals surface area contributed by atoms with Gasteiger partial charge in [0.05, 0.1) is 11.0 Å². The molecule has 0 unspecified atom stereocenters. The summed E-state index contributed by atoms with van der Waals surface area (Å²) in [7, 11) is 0. The molecule has 0 aliphatic rings. The van der Waals surface area contributed by atoms with Crippen molar-refractivity contribution in [2.45, 2.75) is 6.92 Å². The number of nitrogens with zero attached hydrogens (tertiary/aromatic N) is 1. The smallest absolute Gasteiger partial charge is 0.138 e. The predicted octanol–water partition coefficient (Wildman–Crippen LogP) is 3.26. The topological polar surface area (TPSA) is 54.7 Å². The van der Waals surface area contributed by atoms with Crippen LogP contribution in [0.2, 0.25) is 0 Å². The molecule has 0 spiro atoms. The van der Waals surface area contributed by atoms with E-state index in [2.05, 4.69) is 9.97 Å². The van der Waals surface area contributed by atoms with Crippen LogP contribution < -0.4 is 5.73 Å². The maximum absolute atomic E-state index is 13.3. The molecule has 3 nitrogen and oxygen atoms in total. The number of fused-ring (bicyclic) bond motifs is 1. The third-order valence-electron chi connectivity index (χ3n) is 2.96. The molecule has 4 heteroatoms. The number of nitrogen functional groups attached to an aromatic ring is 1. The highest BCUT2D eigenvalue weighted by atomic mass is 19.1. The number of H-pyrrole nitrogens is 1. The largest absolute Gasteiger partial charge is 0.399 e. The standard InChI is InChI=1S/C14H12FN3/c1-8-2-3-9(15)6-11(8)14-17-12-5-4-10(16)7-13(12)18-14/h2-7H,16H2,1H3,(H,17,18). The molecule has 0 radical (unpaired) electrons. The molecule has 0 atom stereocenters. The summed E-state index contributed by atoms with van der Waals surface area (Å²) in [6, 6.07) is 10.1. The number of halogens is 1. The molecule has 0 aliphatic heterocycles. The Morgan fingerprint density at radius 3 is 2.83 bits per heavy atom. The van der Waals surface area contributed by atoms with Crippen molar-refractivity contribution in [2.75, 3.05) is 5.73 Å². The van der Waals surface area contributed by atoms with Gasteiger partial charge in [-0.05, 0) is 42.8 Å². The summed E-state index contributed by atoms with van der Waals surface area (Å²) >= 11 is 0. The number of aryl methyl sites for hydroxylation is 1. The van der Waals surface area contributed by atoms with Crippen LogP contribution in [-0.2, 0) is 0 Å². The van der Waals surface area contributed by atoms with Crippen LogP contribution in [0.4, 0.5) is 10.1 Å². The average Bonchev–Trinajstić information content (AvgIpc) is 2.74. The summed E-state index contributed by atoms with van der Waals surface area (Å²) in [6.45, 7) is 1.93. The second-order valence-electron chi connectivity index (χ2n) is 4.32. The second-order valence-corrected chi connectivity index (χ2v) is 4.32. The lowest BCUT2D eigenvalue weighted by Crippen LogP contribution is -1.87. The number of hydrogen-bond donors (Lipinski definition) is 2. The highest BCUT2D eigenvalue weighted by Gasteiger charge is 2.09. The molecule has 3 N–H and O–H groups in total. The van der Waals surface area contributed by atoms with Gasteiger partial charge in [0.2, 0.25) is 0 Å². The number of nitrogens with two attached hydrogens (primary N) is 1. The SMILES string of the molecule is Cc1ccc(F)cc1-c1nc2ccc(N)cc2[nH]1. The molecule has 18 heavy (non-hydrogen) atoms. The highest BCUT2D eigenvalue weighted by molar-refractivity contribution is 5.82. The first-order valence-electron chi connectivity index (χ1n) is 5.65. The van der Waals surface area contributed by atoms with Gasteiger partial charge >= 0.3 is 0 Å². The van der Waals surface area contributed by atoms with Crippen molar-refractivity contribution in [1.82, 2.24) is 9.97 Å². The number of nitrogens with one attached hydrogen (secondary N) is 1. The maximum Gasteiger partial charge on any atom is 0.138 e. The Kier molecular flexibility index (Phi) is 2.30. The molecule has 2 aromatic carbocycles. The fourth-order valence-corrected chi connectivity index (χ4v) is 2.00. The van der Waals surface area contributed by atoms with Crippen LogP contribution in [0.5, 0.6) is 0 Å². The summed E-state index contributed by atoms with van der Waals surface area (Å²) in [5.74, 6) is 0.392. The monoisotopic (exact) mass is 241 g/mol. The average molecular weight is 241 g/mol. The number of imidazole rings is 1. The van der Waals surface area contributed by atoms with Crippen molar-refractivity contribution in [2.24, 2.45) is 0 Å². The zero-order chi connectivity index (χ0) is 12.7. The van der Waals surface area contributed by atoms with E-state index in [-0.39, 0.29) is 5.82 Å². The summed E-state index contributed by atoms with van der Waals surface area (Å²) in [5, 5.41) is 0. The van der Waals surface area contributed by atoms with E-state index in [1.165, 1.54) is 12.1 Å². The first kappa shape index (κ1) is 10.8. The normalized spacial score (nSPS) is 11.0. The molecule has 3 aromatic rings. The molecule has 1 aromatic heterocycles. The first-order chi connectivity index (χ1) is 8.63. The van der Waals surface area contributed by atoms with E-state index < -0.39 is 0 Å². The van der Waals surface area contributed by atoms with Crippen LogP contribution in [0.25, 0.3) is 22.4 Å². The number of anilines is 1. The Morgan fingerprint density at radius 2 is 2.00 bits per heavy atom. The zero-order valence-electron chi connectivity index (χ0n) is 9.87. The molecule has 1 heterocycles. The van der Waals surface area contributed by atoms with Crippen LogP contribution in [0.3, 0.4) is 0 Å². The summed E-state index contributed by atoms with van der Waals surface area (Å²) < 4.78 is 13.3. The molecule has 0 saturated carbocycles. The fourth-order valence-electron chi connectivity index (χ4n) is 2.00. The van der Waals surface area contributed by atoms with Gasteiger partial charge < -0.3 is 10.7 Å². The number of aromatic amines is 1. The molecule has 0 amide bonds. The van der Waals surface area contributed by atoms with Crippen molar-refractivity contribution in [3.05, 3.63) is 47.8 Å². The molecule has 0 saturated heterocycles. The van der Waals surface area contributed by atoms with Crippen LogP contribution in [-0.4, -0.2) is 9.97 Å². The minimum atomic E-state index is -0.268. The van der Waals surface area contributed by atoms with Gasteiger partial charge in [-0.3, -0.25) is 0 Å². The van der Waals surface area contributed by atoms with Gasteiger partial charge in [-0.25, -0.2) is 9.37 Å². The second kappa shape index (κ2) is 3.84. The molecular formula is C14H12FN3. The number of benzene rings is 2. The molecule has 90 valence electrons. The Hall–Kier alpha value is -2.36. The van der Waals surface area contributed by atoms with Gasteiger partial charge in [0.25, 0.3) is 0 Å². The molecule has 0 fully saturated rings. The van der Waals surface area contributed by atoms with Gasteiger partial charge in [-0.2, -0.15) is 0 Å². The third-order valence-corrected chi connectivity index (χ3v) is 2.96. The maximum atomic E-state index is 13.3. The summed E-state index contributed by atoms with van der Waals surface area (Å²) in [4.78, 5) is 7.61. The molecule has 0 aliphatic carbocycles.